The Balaban J connectivity index is 1.10. The molecule has 232 valence electrons. The van der Waals surface area contributed by atoms with Gasteiger partial charge in [0, 0.05) is 17.5 Å². The van der Waals surface area contributed by atoms with Crippen molar-refractivity contribution in [2.45, 2.75) is 49.5 Å². The zero-order valence-corrected chi connectivity index (χ0v) is 23.4. The fraction of sp³-hybridized carbons (Fsp3) is 0.550. The van der Waals surface area contributed by atoms with Gasteiger partial charge in [0.05, 0.1) is 19.2 Å². The third kappa shape index (κ3) is 5.99. The third-order valence-electron chi connectivity index (χ3n) is 6.92. The number of halogens is 2. The SMILES string of the molecule is Nc1nc2c(c(=O)[nH]1)NCN2C1C[C@H](F)C(CO[P+](=O)O[C@@H]2C(CNS(=O)(=O)O)OC(n3cnc4cncnc43)[C@@H]2F)O1. The standard InChI is InChI=1S/C20H23F2N10O9PS/c21-8-1-12(31-7-27-14-17(31)29-20(23)30-18(14)33)39-11(8)4-38-42(34)41-15-10(3-28-43(35,36)37)40-19(13(15)22)32-6-26-9-2-24-5-25-16(9)32/h2,5-6,8,10-13,15,19,27-28H,1,3-4,7H2,(H3-,23,29,30,33,35,36,37)/p+1/t8-,10?,11?,12?,13+,15+,19?/m0/s1. The number of imidazole rings is 1. The van der Waals surface area contributed by atoms with Crippen LogP contribution in [0.1, 0.15) is 12.6 Å². The van der Waals surface area contributed by atoms with Gasteiger partial charge in [0.2, 0.25) is 5.95 Å². The van der Waals surface area contributed by atoms with Crippen LogP contribution >= 0.6 is 8.25 Å². The summed E-state index contributed by atoms with van der Waals surface area (Å²) in [7, 11) is -7.81. The van der Waals surface area contributed by atoms with Crippen molar-refractivity contribution in [2.75, 3.05) is 35.8 Å². The Kier molecular flexibility index (Phi) is 7.93. The predicted molar refractivity (Wildman–Crippen MR) is 141 cm³/mol. The molecule has 0 saturated carbocycles. The maximum absolute atomic E-state index is 15.7. The van der Waals surface area contributed by atoms with E-state index in [1.165, 1.54) is 28.3 Å². The van der Waals surface area contributed by atoms with Crippen LogP contribution in [0.4, 0.5) is 26.2 Å². The van der Waals surface area contributed by atoms with E-state index in [2.05, 4.69) is 30.2 Å². The molecule has 3 aliphatic heterocycles. The van der Waals surface area contributed by atoms with E-state index in [0.29, 0.717) is 5.52 Å². The molecule has 0 amide bonds. The maximum Gasteiger partial charge on any atom is 0.697 e. The Morgan fingerprint density at radius 3 is 2.88 bits per heavy atom. The number of aromatic nitrogens is 6. The molecular formula is C20H24F2N10O9PS+. The lowest BCUT2D eigenvalue weighted by Crippen LogP contribution is -2.39. The number of nitrogens with zero attached hydrogens (tertiary/aromatic N) is 6. The topological polar surface area (TPSA) is 251 Å². The van der Waals surface area contributed by atoms with Crippen LogP contribution in [0.15, 0.2) is 23.6 Å². The maximum atomic E-state index is 15.7. The summed E-state index contributed by atoms with van der Waals surface area (Å²) in [5.41, 5.74) is 5.79. The lowest BCUT2D eigenvalue weighted by atomic mass is 10.1. The first kappa shape index (κ1) is 29.6. The molecule has 0 aromatic carbocycles. The van der Waals surface area contributed by atoms with Crippen molar-refractivity contribution in [1.29, 1.82) is 0 Å². The van der Waals surface area contributed by atoms with Gasteiger partial charge in [0.15, 0.2) is 30.0 Å². The number of nitrogens with two attached hydrogens (primary N) is 1. The molecule has 0 bridgehead atoms. The molecule has 3 aliphatic rings. The summed E-state index contributed by atoms with van der Waals surface area (Å²) in [6.45, 7) is -1.12. The molecule has 8 atom stereocenters. The van der Waals surface area contributed by atoms with Crippen LogP contribution < -0.4 is 26.2 Å². The summed E-state index contributed by atoms with van der Waals surface area (Å²) in [6.07, 6.45) is -6.52. The number of rotatable bonds is 10. The molecule has 2 saturated heterocycles. The fourth-order valence-corrected chi connectivity index (χ4v) is 6.14. The van der Waals surface area contributed by atoms with Crippen molar-refractivity contribution in [3.05, 3.63) is 29.2 Å². The number of nitrogen functional groups attached to an aromatic ring is 1. The van der Waals surface area contributed by atoms with E-state index in [1.807, 2.05) is 0 Å². The lowest BCUT2D eigenvalue weighted by molar-refractivity contribution is -0.0202. The normalized spacial score (nSPS) is 29.2. The third-order valence-corrected chi connectivity index (χ3v) is 8.23. The first-order chi connectivity index (χ1) is 20.5. The van der Waals surface area contributed by atoms with Gasteiger partial charge in [-0.1, -0.05) is 0 Å². The van der Waals surface area contributed by atoms with Crippen LogP contribution in [0.2, 0.25) is 0 Å². The molecule has 3 aromatic rings. The first-order valence-corrected chi connectivity index (χ1v) is 15.1. The summed E-state index contributed by atoms with van der Waals surface area (Å²) in [4.78, 5) is 31.9. The number of ether oxygens (including phenoxy) is 2. The van der Waals surface area contributed by atoms with Crippen molar-refractivity contribution >= 4 is 47.2 Å². The lowest BCUT2D eigenvalue weighted by Gasteiger charge is -2.24. The van der Waals surface area contributed by atoms with Crippen molar-refractivity contribution in [3.8, 4) is 0 Å². The second-order valence-corrected chi connectivity index (χ2v) is 11.8. The summed E-state index contributed by atoms with van der Waals surface area (Å²) in [5, 5.41) is 2.84. The van der Waals surface area contributed by atoms with Gasteiger partial charge < -0.3 is 25.4 Å². The number of alkyl halides is 2. The van der Waals surface area contributed by atoms with E-state index in [1.54, 1.807) is 4.72 Å². The Morgan fingerprint density at radius 1 is 1.28 bits per heavy atom. The second kappa shape index (κ2) is 11.5. The number of H-pyrrole nitrogens is 1. The van der Waals surface area contributed by atoms with Crippen LogP contribution in [0.5, 0.6) is 0 Å². The van der Waals surface area contributed by atoms with Gasteiger partial charge in [-0.3, -0.25) is 18.9 Å². The molecule has 6 heterocycles. The minimum atomic E-state index is -4.70. The van der Waals surface area contributed by atoms with Crippen LogP contribution in [0.25, 0.3) is 11.2 Å². The molecule has 2 fully saturated rings. The molecule has 0 radical (unpaired) electrons. The number of fused-ring (bicyclic) bond motifs is 2. The Labute approximate surface area is 240 Å². The van der Waals surface area contributed by atoms with Gasteiger partial charge in [-0.2, -0.15) is 18.1 Å². The largest absolute Gasteiger partial charge is 0.697 e. The molecule has 43 heavy (non-hydrogen) atoms. The highest BCUT2D eigenvalue weighted by atomic mass is 32.2. The summed E-state index contributed by atoms with van der Waals surface area (Å²) in [5.74, 6) is 0.0473. The minimum absolute atomic E-state index is 0.0924. The zero-order chi connectivity index (χ0) is 30.5. The quantitative estimate of drug-likeness (QED) is 0.137. The van der Waals surface area contributed by atoms with E-state index in [4.69, 9.17) is 28.8 Å². The fourth-order valence-electron chi connectivity index (χ4n) is 4.99. The minimum Gasteiger partial charge on any atom is -0.369 e. The van der Waals surface area contributed by atoms with Gasteiger partial charge in [0.25, 0.3) is 5.56 Å². The summed E-state index contributed by atoms with van der Waals surface area (Å²) in [6, 6.07) is 0. The molecular weight excluding hydrogens is 625 g/mol. The van der Waals surface area contributed by atoms with Crippen molar-refractivity contribution in [3.63, 3.8) is 0 Å². The highest BCUT2D eigenvalue weighted by Gasteiger charge is 2.53. The van der Waals surface area contributed by atoms with Gasteiger partial charge in [0.1, 0.15) is 48.7 Å². The van der Waals surface area contributed by atoms with Gasteiger partial charge in [-0.15, -0.1) is 9.05 Å². The number of hydrogen-bond acceptors (Lipinski definition) is 15. The van der Waals surface area contributed by atoms with Crippen LogP contribution in [0, 0.1) is 0 Å². The van der Waals surface area contributed by atoms with Gasteiger partial charge in [-0.05, 0) is 0 Å². The molecule has 5 unspecified atom stereocenters. The Hall–Kier alpha value is -3.50. The molecule has 0 aliphatic carbocycles. The van der Waals surface area contributed by atoms with Crippen molar-refractivity contribution in [1.82, 2.24) is 34.2 Å². The average Bonchev–Trinajstić information content (AvgIpc) is 3.71. The van der Waals surface area contributed by atoms with E-state index in [9.17, 15) is 22.2 Å². The molecule has 0 spiro atoms. The highest BCUT2D eigenvalue weighted by molar-refractivity contribution is 7.83. The molecule has 6 N–H and O–H groups in total. The Bertz CT molecular complexity index is 1700. The van der Waals surface area contributed by atoms with Gasteiger partial charge >= 0.3 is 18.6 Å². The number of aromatic amines is 1. The molecule has 19 nitrogen and oxygen atoms in total. The first-order valence-electron chi connectivity index (χ1n) is 12.6. The molecule has 23 heteroatoms. The van der Waals surface area contributed by atoms with E-state index in [0.717, 1.165) is 0 Å². The van der Waals surface area contributed by atoms with E-state index < -0.39 is 80.4 Å². The van der Waals surface area contributed by atoms with Crippen LogP contribution in [-0.4, -0.2) is 99.2 Å². The number of hydrogen-bond donors (Lipinski definition) is 5. The molecule has 3 aromatic heterocycles. The zero-order valence-electron chi connectivity index (χ0n) is 21.7. The summed E-state index contributed by atoms with van der Waals surface area (Å²) >= 11 is 0. The number of nitrogens with one attached hydrogen (secondary N) is 3. The Morgan fingerprint density at radius 2 is 2.09 bits per heavy atom. The second-order valence-electron chi connectivity index (χ2n) is 9.64. The number of anilines is 3. The van der Waals surface area contributed by atoms with Crippen molar-refractivity contribution < 1.29 is 44.8 Å². The summed E-state index contributed by atoms with van der Waals surface area (Å²) < 4.78 is 99.7. The monoisotopic (exact) mass is 649 g/mol. The molecule has 6 rings (SSSR count). The van der Waals surface area contributed by atoms with Crippen LogP contribution in [-0.2, 0) is 33.4 Å². The van der Waals surface area contributed by atoms with Crippen LogP contribution in [0.3, 0.4) is 0 Å². The predicted octanol–water partition coefficient (Wildman–Crippen LogP) is -0.478. The van der Waals surface area contributed by atoms with Gasteiger partial charge in [-0.25, -0.2) is 23.7 Å². The highest BCUT2D eigenvalue weighted by Crippen LogP contribution is 2.41. The van der Waals surface area contributed by atoms with E-state index >= 15 is 4.39 Å². The smallest absolute Gasteiger partial charge is 0.369 e. The van der Waals surface area contributed by atoms with Crippen molar-refractivity contribution in [2.24, 2.45) is 0 Å². The average molecular weight is 650 g/mol. The van der Waals surface area contributed by atoms with E-state index in [-0.39, 0.29) is 36.2 Å².